The van der Waals surface area contributed by atoms with E-state index < -0.39 is 26.6 Å². The van der Waals surface area contributed by atoms with Gasteiger partial charge in [0.05, 0.1) is 0 Å². The van der Waals surface area contributed by atoms with Crippen LogP contribution in [0.4, 0.5) is 10.1 Å². The average Bonchev–Trinajstić information content (AvgIpc) is 3.01. The smallest absolute Gasteiger partial charge is 0.255 e. The zero-order chi connectivity index (χ0) is 19.6. The number of carbonyl (C=O) groups is 2. The minimum absolute atomic E-state index is 0.0414. The van der Waals surface area contributed by atoms with Crippen LogP contribution in [0.5, 0.6) is 0 Å². The first kappa shape index (κ1) is 18.7. The van der Waals surface area contributed by atoms with Crippen LogP contribution < -0.4 is 15.4 Å². The van der Waals surface area contributed by atoms with Gasteiger partial charge in [0, 0.05) is 29.9 Å². The molecule has 0 aliphatic carbocycles. The van der Waals surface area contributed by atoms with Crippen LogP contribution in [0.3, 0.4) is 0 Å². The zero-order valence-electron chi connectivity index (χ0n) is 14.1. The highest BCUT2D eigenvalue weighted by molar-refractivity contribution is 7.89. The van der Waals surface area contributed by atoms with Crippen molar-refractivity contribution in [3.05, 3.63) is 71.6 Å². The summed E-state index contributed by atoms with van der Waals surface area (Å²) in [7, 11) is -4.13. The van der Waals surface area contributed by atoms with E-state index >= 15 is 0 Å². The molecule has 0 saturated carbocycles. The van der Waals surface area contributed by atoms with Gasteiger partial charge in [-0.3, -0.25) is 9.59 Å². The van der Waals surface area contributed by atoms with Gasteiger partial charge in [0.1, 0.15) is 10.7 Å². The van der Waals surface area contributed by atoms with E-state index in [1.165, 1.54) is 18.2 Å². The Morgan fingerprint density at radius 3 is 2.78 bits per heavy atom. The summed E-state index contributed by atoms with van der Waals surface area (Å²) in [4.78, 5) is 23.5. The predicted octanol–water partition coefficient (Wildman–Crippen LogP) is 1.79. The van der Waals surface area contributed by atoms with E-state index in [1.54, 1.807) is 12.1 Å². The van der Waals surface area contributed by atoms with Gasteiger partial charge in [-0.1, -0.05) is 12.1 Å². The Kier molecular flexibility index (Phi) is 5.06. The van der Waals surface area contributed by atoms with E-state index in [0.29, 0.717) is 17.8 Å². The van der Waals surface area contributed by atoms with Gasteiger partial charge in [-0.2, -0.15) is 0 Å². The molecule has 140 valence electrons. The van der Waals surface area contributed by atoms with Gasteiger partial charge in [0.15, 0.2) is 0 Å². The van der Waals surface area contributed by atoms with Crippen LogP contribution in [0.1, 0.15) is 26.3 Å². The molecule has 3 N–H and O–H groups in total. The third-order valence-electron chi connectivity index (χ3n) is 3.95. The van der Waals surface area contributed by atoms with Crippen molar-refractivity contribution in [3.63, 3.8) is 0 Å². The van der Waals surface area contributed by atoms with Gasteiger partial charge < -0.3 is 10.6 Å². The molecule has 2 aromatic rings. The van der Waals surface area contributed by atoms with Gasteiger partial charge in [-0.05, 0) is 35.9 Å². The standard InChI is InChI=1S/C18H16FN3O4S/c1-2-7-21-27(25,26)16-8-11(4-6-15(16)19)17(23)22-13-5-3-12-10-20-18(24)14(12)9-13/h2-6,8-9,21H,1,7,10H2,(H,20,24)(H,22,23). The number of halogens is 1. The number of carbonyl (C=O) groups excluding carboxylic acids is 2. The molecule has 9 heteroatoms. The molecule has 1 aliphatic heterocycles. The number of rotatable bonds is 6. The summed E-state index contributed by atoms with van der Waals surface area (Å²) in [6.45, 7) is 3.75. The molecule has 0 atom stereocenters. The molecule has 0 saturated heterocycles. The Morgan fingerprint density at radius 1 is 1.26 bits per heavy atom. The highest BCUT2D eigenvalue weighted by Gasteiger charge is 2.22. The molecule has 0 fully saturated rings. The van der Waals surface area contributed by atoms with Crippen molar-refractivity contribution in [1.82, 2.24) is 10.0 Å². The summed E-state index contributed by atoms with van der Waals surface area (Å²) in [5, 5.41) is 5.25. The lowest BCUT2D eigenvalue weighted by Gasteiger charge is -2.10. The monoisotopic (exact) mass is 389 g/mol. The molecular formula is C18H16FN3O4S. The van der Waals surface area contributed by atoms with E-state index in [9.17, 15) is 22.4 Å². The third-order valence-corrected chi connectivity index (χ3v) is 5.39. The summed E-state index contributed by atoms with van der Waals surface area (Å²) in [6, 6.07) is 7.91. The first-order valence-electron chi connectivity index (χ1n) is 7.94. The van der Waals surface area contributed by atoms with Crippen LogP contribution in [0.25, 0.3) is 0 Å². The fourth-order valence-corrected chi connectivity index (χ4v) is 3.69. The number of sulfonamides is 1. The van der Waals surface area contributed by atoms with Crippen LogP contribution >= 0.6 is 0 Å². The highest BCUT2D eigenvalue weighted by Crippen LogP contribution is 2.22. The van der Waals surface area contributed by atoms with E-state index in [2.05, 4.69) is 21.9 Å². The Morgan fingerprint density at radius 2 is 2.04 bits per heavy atom. The van der Waals surface area contributed by atoms with E-state index in [4.69, 9.17) is 0 Å². The zero-order valence-corrected chi connectivity index (χ0v) is 14.9. The second kappa shape index (κ2) is 7.29. The Bertz CT molecular complexity index is 1050. The van der Waals surface area contributed by atoms with E-state index in [0.717, 1.165) is 17.7 Å². The fourth-order valence-electron chi connectivity index (χ4n) is 2.59. The molecule has 0 unspecified atom stereocenters. The Hall–Kier alpha value is -3.04. The molecule has 1 heterocycles. The first-order valence-corrected chi connectivity index (χ1v) is 9.43. The number of benzene rings is 2. The topological polar surface area (TPSA) is 104 Å². The molecule has 0 spiro atoms. The molecule has 0 bridgehead atoms. The number of nitrogens with one attached hydrogen (secondary N) is 3. The van der Waals surface area contributed by atoms with E-state index in [1.807, 2.05) is 0 Å². The van der Waals surface area contributed by atoms with Gasteiger partial charge in [0.25, 0.3) is 11.8 Å². The normalized spacial score (nSPS) is 13.0. The summed E-state index contributed by atoms with van der Waals surface area (Å²) < 4.78 is 40.4. The Balaban J connectivity index is 1.86. The SMILES string of the molecule is C=CCNS(=O)(=O)c1cc(C(=O)Nc2ccc3c(c2)C(=O)NC3)ccc1F. The quantitative estimate of drug-likeness (QED) is 0.655. The van der Waals surface area contributed by atoms with Gasteiger partial charge >= 0.3 is 0 Å². The van der Waals surface area contributed by atoms with Crippen LogP contribution in [0, 0.1) is 5.82 Å². The number of fused-ring (bicyclic) bond motifs is 1. The molecule has 2 aromatic carbocycles. The molecule has 2 amide bonds. The van der Waals surface area contributed by atoms with Crippen LogP contribution in [-0.4, -0.2) is 26.8 Å². The van der Waals surface area contributed by atoms with Crippen molar-refractivity contribution >= 4 is 27.5 Å². The first-order chi connectivity index (χ1) is 12.8. The lowest BCUT2D eigenvalue weighted by molar-refractivity contribution is 0.0964. The minimum Gasteiger partial charge on any atom is -0.348 e. The largest absolute Gasteiger partial charge is 0.348 e. The highest BCUT2D eigenvalue weighted by atomic mass is 32.2. The summed E-state index contributed by atoms with van der Waals surface area (Å²) >= 11 is 0. The molecule has 27 heavy (non-hydrogen) atoms. The maximum absolute atomic E-state index is 14.0. The van der Waals surface area contributed by atoms with Gasteiger partial charge in [0.2, 0.25) is 10.0 Å². The molecule has 0 aromatic heterocycles. The van der Waals surface area contributed by atoms with Crippen LogP contribution in [-0.2, 0) is 16.6 Å². The third kappa shape index (κ3) is 3.88. The van der Waals surface area contributed by atoms with Crippen molar-refractivity contribution < 1.29 is 22.4 Å². The lowest BCUT2D eigenvalue weighted by atomic mass is 10.1. The van der Waals surface area contributed by atoms with Crippen molar-refractivity contribution in [1.29, 1.82) is 0 Å². The van der Waals surface area contributed by atoms with Crippen molar-refractivity contribution in [2.45, 2.75) is 11.4 Å². The van der Waals surface area contributed by atoms with Crippen molar-refractivity contribution in [2.24, 2.45) is 0 Å². The number of anilines is 1. The minimum atomic E-state index is -4.13. The fraction of sp³-hybridized carbons (Fsp3) is 0.111. The summed E-state index contributed by atoms with van der Waals surface area (Å²) in [6.07, 6.45) is 1.32. The maximum atomic E-state index is 14.0. The summed E-state index contributed by atoms with van der Waals surface area (Å²) in [5.74, 6) is -1.84. The molecule has 0 radical (unpaired) electrons. The van der Waals surface area contributed by atoms with E-state index in [-0.39, 0.29) is 18.0 Å². The van der Waals surface area contributed by atoms with Crippen LogP contribution in [0.2, 0.25) is 0 Å². The van der Waals surface area contributed by atoms with Gasteiger partial charge in [-0.25, -0.2) is 17.5 Å². The molecular weight excluding hydrogens is 373 g/mol. The molecule has 7 nitrogen and oxygen atoms in total. The van der Waals surface area contributed by atoms with Crippen LogP contribution in [0.15, 0.2) is 53.9 Å². The predicted molar refractivity (Wildman–Crippen MR) is 97.4 cm³/mol. The number of hydrogen-bond acceptors (Lipinski definition) is 4. The van der Waals surface area contributed by atoms with Crippen molar-refractivity contribution in [2.75, 3.05) is 11.9 Å². The summed E-state index contributed by atoms with van der Waals surface area (Å²) in [5.41, 5.74) is 1.61. The second-order valence-corrected chi connectivity index (χ2v) is 7.53. The maximum Gasteiger partial charge on any atom is 0.255 e. The molecule has 3 rings (SSSR count). The lowest BCUT2D eigenvalue weighted by Crippen LogP contribution is -2.25. The Labute approximate surface area is 155 Å². The molecule has 1 aliphatic rings. The average molecular weight is 389 g/mol. The number of hydrogen-bond donors (Lipinski definition) is 3. The van der Waals surface area contributed by atoms with Crippen molar-refractivity contribution in [3.8, 4) is 0 Å². The van der Waals surface area contributed by atoms with Gasteiger partial charge in [-0.15, -0.1) is 6.58 Å². The second-order valence-electron chi connectivity index (χ2n) is 5.79. The number of amides is 2.